The van der Waals surface area contributed by atoms with Gasteiger partial charge in [0.2, 0.25) is 0 Å². The van der Waals surface area contributed by atoms with Crippen molar-refractivity contribution in [1.29, 1.82) is 0 Å². The fraction of sp³-hybridized carbons (Fsp3) is 0.364. The van der Waals surface area contributed by atoms with Gasteiger partial charge in [-0.25, -0.2) is 9.78 Å². The topological polar surface area (TPSA) is 72.7 Å². The summed E-state index contributed by atoms with van der Waals surface area (Å²) in [5, 5.41) is 0. The molecule has 2 heterocycles. The van der Waals surface area contributed by atoms with E-state index in [1.807, 2.05) is 6.92 Å². The van der Waals surface area contributed by atoms with Gasteiger partial charge in [-0.3, -0.25) is 13.9 Å². The Morgan fingerprint density at radius 3 is 2.47 bits per heavy atom. The fourth-order valence-corrected chi connectivity index (χ4v) is 1.85. The molecule has 0 spiro atoms. The van der Waals surface area contributed by atoms with E-state index >= 15 is 0 Å². The average Bonchev–Trinajstić information content (AvgIpc) is 2.74. The lowest BCUT2D eigenvalue weighted by atomic mass is 10.5. The molecule has 0 saturated carbocycles. The number of aromatic nitrogens is 4. The summed E-state index contributed by atoms with van der Waals surface area (Å²) in [5.74, 6) is 0.493. The van der Waals surface area contributed by atoms with Gasteiger partial charge >= 0.3 is 5.69 Å². The lowest BCUT2D eigenvalue weighted by molar-refractivity contribution is 0.605. The molecule has 17 heavy (non-hydrogen) atoms. The predicted molar refractivity (Wildman–Crippen MR) is 66.1 cm³/mol. The number of rotatable bonds is 3. The highest BCUT2D eigenvalue weighted by molar-refractivity contribution is 5.71. The minimum absolute atomic E-state index is 0.324. The van der Waals surface area contributed by atoms with Crippen LogP contribution in [0.1, 0.15) is 19.7 Å². The highest BCUT2D eigenvalue weighted by Gasteiger charge is 2.14. The molecule has 1 N–H and O–H groups in total. The van der Waals surface area contributed by atoms with Crippen molar-refractivity contribution in [2.75, 3.05) is 0 Å². The third-order valence-corrected chi connectivity index (χ3v) is 2.71. The Morgan fingerprint density at radius 2 is 1.94 bits per heavy atom. The Labute approximate surface area is 97.2 Å². The van der Waals surface area contributed by atoms with Crippen LogP contribution in [0.2, 0.25) is 0 Å². The van der Waals surface area contributed by atoms with E-state index in [-0.39, 0.29) is 11.2 Å². The van der Waals surface area contributed by atoms with Gasteiger partial charge in [0.1, 0.15) is 11.3 Å². The molecule has 0 aromatic carbocycles. The van der Waals surface area contributed by atoms with E-state index < -0.39 is 0 Å². The zero-order valence-corrected chi connectivity index (χ0v) is 9.86. The maximum absolute atomic E-state index is 12.0. The minimum atomic E-state index is -0.335. The van der Waals surface area contributed by atoms with Crippen molar-refractivity contribution in [2.45, 2.75) is 26.9 Å². The van der Waals surface area contributed by atoms with Gasteiger partial charge in [-0.1, -0.05) is 6.58 Å². The van der Waals surface area contributed by atoms with E-state index in [4.69, 9.17) is 0 Å². The first-order chi connectivity index (χ1) is 8.13. The molecule has 0 amide bonds. The van der Waals surface area contributed by atoms with Crippen LogP contribution in [0.5, 0.6) is 0 Å². The van der Waals surface area contributed by atoms with Crippen molar-refractivity contribution in [3.63, 3.8) is 0 Å². The molecule has 2 aromatic heterocycles. The first kappa shape index (κ1) is 11.4. The normalized spacial score (nSPS) is 10.9. The maximum Gasteiger partial charge on any atom is 0.332 e. The molecular weight excluding hydrogens is 220 g/mol. The van der Waals surface area contributed by atoms with Crippen LogP contribution in [-0.4, -0.2) is 19.1 Å². The lowest BCUT2D eigenvalue weighted by Gasteiger charge is -2.06. The molecule has 6 nitrogen and oxygen atoms in total. The zero-order valence-electron chi connectivity index (χ0n) is 9.86. The highest BCUT2D eigenvalue weighted by Crippen LogP contribution is 2.06. The van der Waals surface area contributed by atoms with Crippen molar-refractivity contribution in [2.24, 2.45) is 0 Å². The van der Waals surface area contributed by atoms with Crippen molar-refractivity contribution >= 4 is 17.2 Å². The monoisotopic (exact) mass is 234 g/mol. The Morgan fingerprint density at radius 1 is 1.29 bits per heavy atom. The standard InChI is InChI=1S/C11H14N4O2/c1-4-7-12-8-9(13-7)14(5-2)11(17)15(6-3)10(8)16/h4H,1,5-6H2,2-3H3,(H,12,13). The summed E-state index contributed by atoms with van der Waals surface area (Å²) in [6, 6.07) is 0. The van der Waals surface area contributed by atoms with Crippen molar-refractivity contribution < 1.29 is 0 Å². The molecule has 0 bridgehead atoms. The van der Waals surface area contributed by atoms with Crippen LogP contribution >= 0.6 is 0 Å². The zero-order chi connectivity index (χ0) is 12.6. The van der Waals surface area contributed by atoms with Gasteiger partial charge in [0.15, 0.2) is 5.65 Å². The fourth-order valence-electron chi connectivity index (χ4n) is 1.85. The van der Waals surface area contributed by atoms with Crippen LogP contribution < -0.4 is 11.2 Å². The van der Waals surface area contributed by atoms with Crippen LogP contribution in [0.4, 0.5) is 0 Å². The van der Waals surface area contributed by atoms with E-state index in [2.05, 4.69) is 16.5 Å². The van der Waals surface area contributed by atoms with Gasteiger partial charge in [0.25, 0.3) is 5.56 Å². The van der Waals surface area contributed by atoms with E-state index in [0.717, 1.165) is 0 Å². The summed E-state index contributed by atoms with van der Waals surface area (Å²) in [6.45, 7) is 8.00. The summed E-state index contributed by atoms with van der Waals surface area (Å²) in [7, 11) is 0. The summed E-state index contributed by atoms with van der Waals surface area (Å²) < 4.78 is 2.67. The average molecular weight is 234 g/mol. The molecule has 2 rings (SSSR count). The smallest absolute Gasteiger partial charge is 0.332 e. The largest absolute Gasteiger partial charge is 0.333 e. The summed E-state index contributed by atoms with van der Waals surface area (Å²) >= 11 is 0. The van der Waals surface area contributed by atoms with Crippen LogP contribution in [0.3, 0.4) is 0 Å². The quantitative estimate of drug-likeness (QED) is 0.843. The summed E-state index contributed by atoms with van der Waals surface area (Å²) in [5.41, 5.74) is 0.0812. The molecule has 0 unspecified atom stereocenters. The Bertz CT molecular complexity index is 690. The second kappa shape index (κ2) is 4.04. The second-order valence-electron chi connectivity index (χ2n) is 3.60. The number of imidazole rings is 1. The van der Waals surface area contributed by atoms with Gasteiger partial charge in [-0.2, -0.15) is 0 Å². The maximum atomic E-state index is 12.0. The predicted octanol–water partition coefficient (Wildman–Crippen LogP) is 0.569. The van der Waals surface area contributed by atoms with Gasteiger partial charge in [-0.05, 0) is 19.9 Å². The number of aryl methyl sites for hydroxylation is 1. The molecule has 0 aliphatic rings. The number of fused-ring (bicyclic) bond motifs is 1. The molecular formula is C11H14N4O2. The molecule has 2 aromatic rings. The Kier molecular flexibility index (Phi) is 2.71. The third-order valence-electron chi connectivity index (χ3n) is 2.71. The SMILES string of the molecule is C=Cc1nc2c([nH]1)c(=O)n(CC)c(=O)n2CC. The van der Waals surface area contributed by atoms with Gasteiger partial charge < -0.3 is 4.98 Å². The summed E-state index contributed by atoms with van der Waals surface area (Å²) in [4.78, 5) is 31.1. The van der Waals surface area contributed by atoms with Crippen LogP contribution in [0, 0.1) is 0 Å². The number of hydrogen-bond acceptors (Lipinski definition) is 3. The van der Waals surface area contributed by atoms with Crippen molar-refractivity contribution in [3.8, 4) is 0 Å². The third kappa shape index (κ3) is 1.52. The lowest BCUT2D eigenvalue weighted by Crippen LogP contribution is -2.39. The second-order valence-corrected chi connectivity index (χ2v) is 3.60. The summed E-state index contributed by atoms with van der Waals surface area (Å²) in [6.07, 6.45) is 1.51. The van der Waals surface area contributed by atoms with Crippen molar-refractivity contribution in [3.05, 3.63) is 33.2 Å². The molecule has 0 aliphatic heterocycles. The van der Waals surface area contributed by atoms with E-state index in [0.29, 0.717) is 30.1 Å². The molecule has 0 radical (unpaired) electrons. The molecule has 0 atom stereocenters. The number of nitrogens with zero attached hydrogens (tertiary/aromatic N) is 3. The van der Waals surface area contributed by atoms with E-state index in [1.54, 1.807) is 6.92 Å². The van der Waals surface area contributed by atoms with Gasteiger partial charge in [0.05, 0.1) is 0 Å². The highest BCUT2D eigenvalue weighted by atomic mass is 16.2. The molecule has 90 valence electrons. The van der Waals surface area contributed by atoms with E-state index in [1.165, 1.54) is 15.2 Å². The number of hydrogen-bond donors (Lipinski definition) is 1. The Hall–Kier alpha value is -2.11. The van der Waals surface area contributed by atoms with Crippen LogP contribution in [-0.2, 0) is 13.1 Å². The number of H-pyrrole nitrogens is 1. The molecule has 0 saturated heterocycles. The van der Waals surface area contributed by atoms with Crippen LogP contribution in [0.15, 0.2) is 16.2 Å². The van der Waals surface area contributed by atoms with Gasteiger partial charge in [-0.15, -0.1) is 0 Å². The first-order valence-electron chi connectivity index (χ1n) is 5.49. The molecule has 0 fully saturated rings. The van der Waals surface area contributed by atoms with Crippen molar-refractivity contribution in [1.82, 2.24) is 19.1 Å². The van der Waals surface area contributed by atoms with Crippen LogP contribution in [0.25, 0.3) is 17.2 Å². The molecule has 6 heteroatoms. The van der Waals surface area contributed by atoms with Gasteiger partial charge in [0, 0.05) is 13.1 Å². The Balaban J connectivity index is 3.03. The first-order valence-corrected chi connectivity index (χ1v) is 5.49. The number of aromatic amines is 1. The van der Waals surface area contributed by atoms with E-state index in [9.17, 15) is 9.59 Å². The molecule has 0 aliphatic carbocycles. The number of nitrogens with one attached hydrogen (secondary N) is 1. The minimum Gasteiger partial charge on any atom is -0.333 e.